The van der Waals surface area contributed by atoms with Gasteiger partial charge in [-0.2, -0.15) is 0 Å². The van der Waals surface area contributed by atoms with Crippen LogP contribution in [0.25, 0.3) is 0 Å². The van der Waals surface area contributed by atoms with E-state index in [1.165, 1.54) is 6.42 Å². The van der Waals surface area contributed by atoms with E-state index < -0.39 is 0 Å². The van der Waals surface area contributed by atoms with Crippen molar-refractivity contribution in [2.24, 2.45) is 11.8 Å². The van der Waals surface area contributed by atoms with Gasteiger partial charge in [-0.25, -0.2) is 0 Å². The number of carbonyl (C=O) groups excluding carboxylic acids is 1. The van der Waals surface area contributed by atoms with Gasteiger partial charge in [-0.05, 0) is 36.5 Å². The molecule has 1 aromatic carbocycles. The molecule has 2 nitrogen and oxygen atoms in total. The van der Waals surface area contributed by atoms with Gasteiger partial charge in [-0.15, -0.1) is 12.6 Å². The first kappa shape index (κ1) is 10.6. The van der Waals surface area contributed by atoms with E-state index in [9.17, 15) is 4.79 Å². The molecule has 1 N–H and O–H groups in total. The monoisotopic (exact) mass is 221 g/mol. The lowest BCUT2D eigenvalue weighted by atomic mass is 10.2. The van der Waals surface area contributed by atoms with Gasteiger partial charge in [0.1, 0.15) is 0 Å². The smallest absolute Gasteiger partial charge is 0.251 e. The predicted molar refractivity (Wildman–Crippen MR) is 63.3 cm³/mol. The van der Waals surface area contributed by atoms with Gasteiger partial charge in [-0.3, -0.25) is 4.79 Å². The fourth-order valence-electron chi connectivity index (χ4n) is 1.66. The van der Waals surface area contributed by atoms with E-state index in [0.29, 0.717) is 11.5 Å². The molecule has 15 heavy (non-hydrogen) atoms. The molecule has 3 heteroatoms. The van der Waals surface area contributed by atoms with Gasteiger partial charge >= 0.3 is 0 Å². The van der Waals surface area contributed by atoms with Gasteiger partial charge in [0, 0.05) is 17.0 Å². The van der Waals surface area contributed by atoms with Gasteiger partial charge in [-0.1, -0.05) is 13.0 Å². The van der Waals surface area contributed by atoms with Crippen molar-refractivity contribution in [2.75, 3.05) is 6.54 Å². The fraction of sp³-hybridized carbons (Fsp3) is 0.417. The van der Waals surface area contributed by atoms with Crippen LogP contribution < -0.4 is 5.32 Å². The largest absolute Gasteiger partial charge is 0.352 e. The third-order valence-corrected chi connectivity index (χ3v) is 3.19. The Morgan fingerprint density at radius 2 is 2.33 bits per heavy atom. The third-order valence-electron chi connectivity index (χ3n) is 2.91. The van der Waals surface area contributed by atoms with Crippen molar-refractivity contribution in [3.63, 3.8) is 0 Å². The van der Waals surface area contributed by atoms with Crippen molar-refractivity contribution < 1.29 is 4.79 Å². The van der Waals surface area contributed by atoms with Gasteiger partial charge in [0.2, 0.25) is 0 Å². The molecule has 1 aliphatic rings. The predicted octanol–water partition coefficient (Wildman–Crippen LogP) is 2.36. The van der Waals surface area contributed by atoms with Crippen LogP contribution in [0.1, 0.15) is 23.7 Å². The SMILES string of the molecule is CC1CC1CNC(=O)c1cccc(S)c1. The second-order valence-electron chi connectivity index (χ2n) is 4.23. The molecule has 0 heterocycles. The average molecular weight is 221 g/mol. The van der Waals surface area contributed by atoms with Crippen LogP contribution >= 0.6 is 12.6 Å². The minimum absolute atomic E-state index is 0.00463. The Morgan fingerprint density at radius 3 is 2.93 bits per heavy atom. The van der Waals surface area contributed by atoms with E-state index >= 15 is 0 Å². The lowest BCUT2D eigenvalue weighted by Crippen LogP contribution is -2.25. The number of benzene rings is 1. The molecule has 80 valence electrons. The zero-order valence-electron chi connectivity index (χ0n) is 8.73. The van der Waals surface area contributed by atoms with Crippen LogP contribution in [0.15, 0.2) is 29.2 Å². The topological polar surface area (TPSA) is 29.1 Å². The molecular formula is C12H15NOS. The number of amides is 1. The maximum absolute atomic E-state index is 11.7. The number of carbonyl (C=O) groups is 1. The highest BCUT2D eigenvalue weighted by molar-refractivity contribution is 7.80. The van der Waals surface area contributed by atoms with Gasteiger partial charge in [0.25, 0.3) is 5.91 Å². The normalized spacial score (nSPS) is 23.6. The molecule has 2 rings (SSSR count). The maximum Gasteiger partial charge on any atom is 0.251 e. The Bertz CT molecular complexity index is 378. The van der Waals surface area contributed by atoms with E-state index in [2.05, 4.69) is 24.9 Å². The summed E-state index contributed by atoms with van der Waals surface area (Å²) in [6.45, 7) is 3.02. The van der Waals surface area contributed by atoms with Crippen LogP contribution in [-0.4, -0.2) is 12.5 Å². The summed E-state index contributed by atoms with van der Waals surface area (Å²) in [7, 11) is 0. The van der Waals surface area contributed by atoms with Gasteiger partial charge < -0.3 is 5.32 Å². The van der Waals surface area contributed by atoms with Gasteiger partial charge in [0.05, 0.1) is 0 Å². The summed E-state index contributed by atoms with van der Waals surface area (Å²) >= 11 is 4.20. The van der Waals surface area contributed by atoms with E-state index in [1.54, 1.807) is 6.07 Å². The Hall–Kier alpha value is -0.960. The number of hydrogen-bond donors (Lipinski definition) is 2. The van der Waals surface area contributed by atoms with Crippen LogP contribution in [0.3, 0.4) is 0 Å². The van der Waals surface area contributed by atoms with Crippen LogP contribution in [0, 0.1) is 11.8 Å². The molecule has 1 amide bonds. The number of nitrogens with one attached hydrogen (secondary N) is 1. The molecule has 0 aliphatic heterocycles. The molecule has 0 aromatic heterocycles. The van der Waals surface area contributed by atoms with Crippen LogP contribution in [0.4, 0.5) is 0 Å². The van der Waals surface area contributed by atoms with Crippen LogP contribution in [0.2, 0.25) is 0 Å². The number of rotatable bonds is 3. The van der Waals surface area contributed by atoms with Crippen molar-refractivity contribution in [1.29, 1.82) is 0 Å². The molecule has 1 fully saturated rings. The Kier molecular flexibility index (Phi) is 3.00. The Morgan fingerprint density at radius 1 is 1.60 bits per heavy atom. The number of thiol groups is 1. The second kappa shape index (κ2) is 4.27. The zero-order chi connectivity index (χ0) is 10.8. The summed E-state index contributed by atoms with van der Waals surface area (Å²) in [5.74, 6) is 1.47. The highest BCUT2D eigenvalue weighted by atomic mass is 32.1. The lowest BCUT2D eigenvalue weighted by Gasteiger charge is -2.04. The van der Waals surface area contributed by atoms with E-state index in [-0.39, 0.29) is 5.91 Å². The minimum atomic E-state index is 0.00463. The summed E-state index contributed by atoms with van der Waals surface area (Å²) in [6, 6.07) is 7.31. The summed E-state index contributed by atoms with van der Waals surface area (Å²) in [5.41, 5.74) is 0.691. The molecule has 1 saturated carbocycles. The first-order chi connectivity index (χ1) is 7.16. The van der Waals surface area contributed by atoms with Crippen molar-refractivity contribution in [1.82, 2.24) is 5.32 Å². The average Bonchev–Trinajstić information content (AvgIpc) is 2.91. The molecule has 0 radical (unpaired) electrons. The van der Waals surface area contributed by atoms with Gasteiger partial charge in [0.15, 0.2) is 0 Å². The maximum atomic E-state index is 11.7. The molecule has 0 spiro atoms. The lowest BCUT2D eigenvalue weighted by molar-refractivity contribution is 0.0951. The molecule has 2 atom stereocenters. The van der Waals surface area contributed by atoms with Crippen molar-refractivity contribution in [2.45, 2.75) is 18.2 Å². The molecule has 1 aromatic rings. The first-order valence-electron chi connectivity index (χ1n) is 5.24. The molecular weight excluding hydrogens is 206 g/mol. The summed E-state index contributed by atoms with van der Waals surface area (Å²) in [4.78, 5) is 12.5. The zero-order valence-corrected chi connectivity index (χ0v) is 9.63. The summed E-state index contributed by atoms with van der Waals surface area (Å²) in [6.07, 6.45) is 1.24. The second-order valence-corrected chi connectivity index (χ2v) is 4.75. The highest BCUT2D eigenvalue weighted by Crippen LogP contribution is 2.36. The van der Waals surface area contributed by atoms with Crippen LogP contribution in [-0.2, 0) is 0 Å². The molecule has 2 unspecified atom stereocenters. The highest BCUT2D eigenvalue weighted by Gasteiger charge is 2.32. The summed E-state index contributed by atoms with van der Waals surface area (Å²) in [5, 5.41) is 2.95. The Balaban J connectivity index is 1.90. The van der Waals surface area contributed by atoms with Crippen LogP contribution in [0.5, 0.6) is 0 Å². The first-order valence-corrected chi connectivity index (χ1v) is 5.69. The van der Waals surface area contributed by atoms with E-state index in [1.807, 2.05) is 18.2 Å². The molecule has 1 aliphatic carbocycles. The van der Waals surface area contributed by atoms with Crippen molar-refractivity contribution in [3.05, 3.63) is 29.8 Å². The quantitative estimate of drug-likeness (QED) is 0.754. The van der Waals surface area contributed by atoms with E-state index in [4.69, 9.17) is 0 Å². The molecule has 0 bridgehead atoms. The molecule has 0 saturated heterocycles. The standard InChI is InChI=1S/C12H15NOS/c1-8-5-10(8)7-13-12(14)9-3-2-4-11(15)6-9/h2-4,6,8,10,15H,5,7H2,1H3,(H,13,14). The van der Waals surface area contributed by atoms with Crippen molar-refractivity contribution in [3.8, 4) is 0 Å². The number of hydrogen-bond acceptors (Lipinski definition) is 2. The summed E-state index contributed by atoms with van der Waals surface area (Å²) < 4.78 is 0. The van der Waals surface area contributed by atoms with E-state index in [0.717, 1.165) is 17.4 Å². The minimum Gasteiger partial charge on any atom is -0.352 e. The Labute approximate surface area is 95.5 Å². The third kappa shape index (κ3) is 2.75. The van der Waals surface area contributed by atoms with Crippen molar-refractivity contribution >= 4 is 18.5 Å². The fourth-order valence-corrected chi connectivity index (χ4v) is 1.88.